The van der Waals surface area contributed by atoms with Crippen molar-refractivity contribution in [2.24, 2.45) is 0 Å². The largest absolute Gasteiger partial charge is 0.467 e. The van der Waals surface area contributed by atoms with Gasteiger partial charge in [-0.1, -0.05) is 22.0 Å². The molecule has 0 atom stereocenters. The molecule has 0 saturated heterocycles. The number of rotatable bonds is 6. The van der Waals surface area contributed by atoms with Crippen molar-refractivity contribution in [3.05, 3.63) is 52.9 Å². The van der Waals surface area contributed by atoms with E-state index in [-0.39, 0.29) is 5.91 Å². The number of hydrogen-bond acceptors (Lipinski definition) is 3. The van der Waals surface area contributed by atoms with Crippen molar-refractivity contribution in [2.45, 2.75) is 13.0 Å². The van der Waals surface area contributed by atoms with Gasteiger partial charge in [0, 0.05) is 23.1 Å². The van der Waals surface area contributed by atoms with E-state index in [4.69, 9.17) is 4.42 Å². The molecule has 1 amide bonds. The number of carbonyl (C=O) groups is 1. The van der Waals surface area contributed by atoms with Gasteiger partial charge in [0.2, 0.25) is 5.91 Å². The quantitative estimate of drug-likeness (QED) is 0.859. The zero-order valence-electron chi connectivity index (χ0n) is 10.4. The van der Waals surface area contributed by atoms with Gasteiger partial charge in [0.05, 0.1) is 12.8 Å². The molecule has 0 fully saturated rings. The minimum Gasteiger partial charge on any atom is -0.467 e. The smallest absolute Gasteiger partial charge is 0.222 e. The normalized spacial score (nSPS) is 10.2. The van der Waals surface area contributed by atoms with E-state index in [1.165, 1.54) is 0 Å². The van der Waals surface area contributed by atoms with Gasteiger partial charge in [0.25, 0.3) is 0 Å². The van der Waals surface area contributed by atoms with Gasteiger partial charge in [0.1, 0.15) is 5.76 Å². The fraction of sp³-hybridized carbons (Fsp3) is 0.214. The van der Waals surface area contributed by atoms with E-state index in [2.05, 4.69) is 26.6 Å². The molecule has 0 spiro atoms. The van der Waals surface area contributed by atoms with E-state index < -0.39 is 0 Å². The van der Waals surface area contributed by atoms with Crippen molar-refractivity contribution < 1.29 is 9.21 Å². The highest BCUT2D eigenvalue weighted by atomic mass is 79.9. The molecule has 0 aliphatic heterocycles. The highest BCUT2D eigenvalue weighted by Crippen LogP contribution is 2.15. The molecule has 1 aromatic heterocycles. The van der Waals surface area contributed by atoms with Crippen LogP contribution in [0.5, 0.6) is 0 Å². The Morgan fingerprint density at radius 3 is 2.89 bits per heavy atom. The molecule has 5 heteroatoms. The molecule has 2 N–H and O–H groups in total. The van der Waals surface area contributed by atoms with E-state index >= 15 is 0 Å². The predicted octanol–water partition coefficient (Wildman–Crippen LogP) is 3.16. The summed E-state index contributed by atoms with van der Waals surface area (Å²) in [5.74, 6) is 0.757. The summed E-state index contributed by atoms with van der Waals surface area (Å²) in [6.07, 6.45) is 2.02. The lowest BCUT2D eigenvalue weighted by atomic mass is 10.3. The van der Waals surface area contributed by atoms with E-state index in [0.717, 1.165) is 15.9 Å². The van der Waals surface area contributed by atoms with Crippen molar-refractivity contribution in [3.63, 3.8) is 0 Å². The second kappa shape index (κ2) is 6.99. The first-order valence-corrected chi connectivity index (χ1v) is 6.82. The summed E-state index contributed by atoms with van der Waals surface area (Å²) in [6, 6.07) is 11.5. The van der Waals surface area contributed by atoms with E-state index in [1.54, 1.807) is 12.3 Å². The summed E-state index contributed by atoms with van der Waals surface area (Å²) < 4.78 is 6.15. The summed E-state index contributed by atoms with van der Waals surface area (Å²) in [5.41, 5.74) is 0.994. The monoisotopic (exact) mass is 322 g/mol. The molecule has 1 heterocycles. The van der Waals surface area contributed by atoms with Gasteiger partial charge in [-0.25, -0.2) is 0 Å². The summed E-state index contributed by atoms with van der Waals surface area (Å²) >= 11 is 3.40. The van der Waals surface area contributed by atoms with Crippen molar-refractivity contribution >= 4 is 27.5 Å². The maximum atomic E-state index is 11.6. The van der Waals surface area contributed by atoms with E-state index in [0.29, 0.717) is 19.5 Å². The standard InChI is InChI=1S/C14H15BrN2O2/c15-11-3-1-4-12(9-11)16-7-6-14(18)17-10-13-5-2-8-19-13/h1-5,8-9,16H,6-7,10H2,(H,17,18). The third-order valence-electron chi connectivity index (χ3n) is 2.55. The number of nitrogens with one attached hydrogen (secondary N) is 2. The molecule has 2 aromatic rings. The van der Waals surface area contributed by atoms with Crippen LogP contribution >= 0.6 is 15.9 Å². The van der Waals surface area contributed by atoms with Gasteiger partial charge in [-0.15, -0.1) is 0 Å². The Balaban J connectivity index is 1.66. The Hall–Kier alpha value is -1.75. The highest BCUT2D eigenvalue weighted by Gasteiger charge is 2.02. The first-order valence-electron chi connectivity index (χ1n) is 6.02. The van der Waals surface area contributed by atoms with Gasteiger partial charge < -0.3 is 15.1 Å². The molecular formula is C14H15BrN2O2. The van der Waals surface area contributed by atoms with Crippen molar-refractivity contribution in [3.8, 4) is 0 Å². The molecule has 2 rings (SSSR count). The molecule has 1 aromatic carbocycles. The number of benzene rings is 1. The molecule has 19 heavy (non-hydrogen) atoms. The van der Waals surface area contributed by atoms with Crippen LogP contribution in [0.15, 0.2) is 51.6 Å². The van der Waals surface area contributed by atoms with Gasteiger partial charge >= 0.3 is 0 Å². The molecule has 0 aliphatic carbocycles. The SMILES string of the molecule is O=C(CCNc1cccc(Br)c1)NCc1ccco1. The Labute approximate surface area is 120 Å². The minimum atomic E-state index is -0.00102. The molecule has 0 saturated carbocycles. The van der Waals surface area contributed by atoms with Crippen LogP contribution in [0.4, 0.5) is 5.69 Å². The lowest BCUT2D eigenvalue weighted by molar-refractivity contribution is -0.121. The average molecular weight is 323 g/mol. The fourth-order valence-corrected chi connectivity index (χ4v) is 2.01. The van der Waals surface area contributed by atoms with Crippen LogP contribution in [-0.2, 0) is 11.3 Å². The summed E-state index contributed by atoms with van der Waals surface area (Å²) in [7, 11) is 0. The molecule has 0 unspecified atom stereocenters. The fourth-order valence-electron chi connectivity index (χ4n) is 1.61. The molecule has 100 valence electrons. The van der Waals surface area contributed by atoms with Crippen LogP contribution in [0.1, 0.15) is 12.2 Å². The van der Waals surface area contributed by atoms with Crippen LogP contribution in [-0.4, -0.2) is 12.5 Å². The third-order valence-corrected chi connectivity index (χ3v) is 3.04. The van der Waals surface area contributed by atoms with Gasteiger partial charge in [0.15, 0.2) is 0 Å². The highest BCUT2D eigenvalue weighted by molar-refractivity contribution is 9.10. The first-order chi connectivity index (χ1) is 9.24. The van der Waals surface area contributed by atoms with Gasteiger partial charge in [-0.05, 0) is 30.3 Å². The summed E-state index contributed by atoms with van der Waals surface area (Å²) in [6.45, 7) is 1.03. The Morgan fingerprint density at radius 2 is 2.16 bits per heavy atom. The number of furan rings is 1. The predicted molar refractivity (Wildman–Crippen MR) is 77.8 cm³/mol. The topological polar surface area (TPSA) is 54.3 Å². The Morgan fingerprint density at radius 1 is 1.26 bits per heavy atom. The lowest BCUT2D eigenvalue weighted by Crippen LogP contribution is -2.24. The summed E-state index contributed by atoms with van der Waals surface area (Å²) in [4.78, 5) is 11.6. The molecule has 0 radical (unpaired) electrons. The number of hydrogen-bond donors (Lipinski definition) is 2. The van der Waals surface area contributed by atoms with Crippen LogP contribution in [0.25, 0.3) is 0 Å². The van der Waals surface area contributed by atoms with Crippen molar-refractivity contribution in [2.75, 3.05) is 11.9 Å². The zero-order chi connectivity index (χ0) is 13.5. The molecule has 4 nitrogen and oxygen atoms in total. The first kappa shape index (κ1) is 13.7. The van der Waals surface area contributed by atoms with Crippen LogP contribution in [0, 0.1) is 0 Å². The molecular weight excluding hydrogens is 308 g/mol. The Kier molecular flexibility index (Phi) is 5.03. The maximum Gasteiger partial charge on any atom is 0.222 e. The number of anilines is 1. The van der Waals surface area contributed by atoms with Gasteiger partial charge in [-0.3, -0.25) is 4.79 Å². The van der Waals surface area contributed by atoms with E-state index in [1.807, 2.05) is 30.3 Å². The minimum absolute atomic E-state index is 0.00102. The average Bonchev–Trinajstić information content (AvgIpc) is 2.89. The van der Waals surface area contributed by atoms with Crippen LogP contribution < -0.4 is 10.6 Å². The van der Waals surface area contributed by atoms with Crippen LogP contribution in [0.2, 0.25) is 0 Å². The maximum absolute atomic E-state index is 11.6. The number of carbonyl (C=O) groups excluding carboxylic acids is 1. The van der Waals surface area contributed by atoms with E-state index in [9.17, 15) is 4.79 Å². The zero-order valence-corrected chi connectivity index (χ0v) is 11.9. The lowest BCUT2D eigenvalue weighted by Gasteiger charge is -2.07. The van der Waals surface area contributed by atoms with Crippen molar-refractivity contribution in [1.29, 1.82) is 0 Å². The van der Waals surface area contributed by atoms with Crippen molar-refractivity contribution in [1.82, 2.24) is 5.32 Å². The Bertz CT molecular complexity index is 526. The number of amides is 1. The second-order valence-corrected chi connectivity index (χ2v) is 4.96. The van der Waals surface area contributed by atoms with Crippen LogP contribution in [0.3, 0.4) is 0 Å². The second-order valence-electron chi connectivity index (χ2n) is 4.04. The van der Waals surface area contributed by atoms with Gasteiger partial charge in [-0.2, -0.15) is 0 Å². The number of halogens is 1. The summed E-state index contributed by atoms with van der Waals surface area (Å²) in [5, 5.41) is 6.00. The molecule has 0 aliphatic rings. The molecule has 0 bridgehead atoms. The third kappa shape index (κ3) is 4.79.